The molecule has 22 heavy (non-hydrogen) atoms. The fourth-order valence-electron chi connectivity index (χ4n) is 2.46. The third-order valence-electron chi connectivity index (χ3n) is 3.50. The Labute approximate surface area is 163 Å². The second kappa shape index (κ2) is 7.61. The maximum atomic E-state index is 6.37. The topological polar surface area (TPSA) is 69.9 Å². The van der Waals surface area contributed by atoms with Gasteiger partial charge in [-0.2, -0.15) is 0 Å². The van der Waals surface area contributed by atoms with E-state index in [0.29, 0.717) is 6.54 Å². The molecule has 0 radical (unpaired) electrons. The van der Waals surface area contributed by atoms with E-state index in [1.807, 2.05) is 0 Å². The highest BCUT2D eigenvalue weighted by Gasteiger charge is 2.24. The van der Waals surface area contributed by atoms with Gasteiger partial charge in [0.1, 0.15) is 11.3 Å². The lowest BCUT2D eigenvalue weighted by atomic mass is 10.1. The zero-order valence-corrected chi connectivity index (χ0v) is 18.7. The summed E-state index contributed by atoms with van der Waals surface area (Å²) in [5, 5.41) is 0. The van der Waals surface area contributed by atoms with Crippen LogP contribution in [0.5, 0.6) is 0 Å². The molecule has 2 rings (SSSR count). The number of nitrogens with zero attached hydrogens (tertiary/aromatic N) is 2. The molecule has 0 aliphatic heterocycles. The summed E-state index contributed by atoms with van der Waals surface area (Å²) in [6, 6.07) is 0.120. The lowest BCUT2D eigenvalue weighted by molar-refractivity contribution is 0.514. The number of nitrogens with two attached hydrogens (primary N) is 2. The molecular weight excluding hydrogens is 544 g/mol. The Kier molecular flexibility index (Phi) is 6.53. The first-order valence-electron chi connectivity index (χ1n) is 7.00. The lowest BCUT2D eigenvalue weighted by Gasteiger charge is -2.18. The van der Waals surface area contributed by atoms with Gasteiger partial charge < -0.3 is 16.0 Å². The molecule has 0 aliphatic rings. The van der Waals surface area contributed by atoms with Crippen molar-refractivity contribution in [2.75, 3.05) is 6.54 Å². The fraction of sp³-hybridized carbons (Fsp3) is 0.500. The zero-order valence-electron chi connectivity index (χ0n) is 12.3. The van der Waals surface area contributed by atoms with Crippen molar-refractivity contribution in [3.63, 3.8) is 0 Å². The van der Waals surface area contributed by atoms with E-state index in [-0.39, 0.29) is 12.1 Å². The van der Waals surface area contributed by atoms with Gasteiger partial charge >= 0.3 is 0 Å². The second-order valence-corrected chi connectivity index (χ2v) is 8.60. The summed E-state index contributed by atoms with van der Waals surface area (Å²) in [7, 11) is 0. The first-order valence-corrected chi connectivity index (χ1v) is 10.2. The van der Waals surface area contributed by atoms with Crippen LogP contribution in [0, 0.1) is 0 Å². The second-order valence-electron chi connectivity index (χ2n) is 5.42. The van der Waals surface area contributed by atoms with Crippen molar-refractivity contribution in [1.29, 1.82) is 0 Å². The molecule has 1 atom stereocenters. The van der Waals surface area contributed by atoms with E-state index < -0.39 is 0 Å². The number of benzene rings is 1. The summed E-state index contributed by atoms with van der Waals surface area (Å²) in [5.41, 5.74) is 13.9. The average Bonchev–Trinajstić information content (AvgIpc) is 2.89. The highest BCUT2D eigenvalue weighted by molar-refractivity contribution is 9.15. The summed E-state index contributed by atoms with van der Waals surface area (Å²) in [4.78, 5) is 4.82. The molecule has 0 aliphatic carbocycles. The molecule has 1 aromatic heterocycles. The minimum atomic E-state index is -0.130. The van der Waals surface area contributed by atoms with Crippen LogP contribution in [0.4, 0.5) is 0 Å². The minimum Gasteiger partial charge on any atom is -0.330 e. The first kappa shape index (κ1) is 18.9. The Morgan fingerprint density at radius 2 is 1.64 bits per heavy atom. The van der Waals surface area contributed by atoms with Gasteiger partial charge in [-0.15, -0.1) is 0 Å². The third kappa shape index (κ3) is 3.32. The van der Waals surface area contributed by atoms with Crippen molar-refractivity contribution in [3.8, 4) is 0 Å². The van der Waals surface area contributed by atoms with Gasteiger partial charge in [-0.25, -0.2) is 4.98 Å². The number of hydrogen-bond acceptors (Lipinski definition) is 3. The van der Waals surface area contributed by atoms with Crippen LogP contribution in [0.3, 0.4) is 0 Å². The summed E-state index contributed by atoms with van der Waals surface area (Å²) in [5.74, 6) is 0.893. The van der Waals surface area contributed by atoms with Crippen LogP contribution < -0.4 is 11.5 Å². The van der Waals surface area contributed by atoms with Crippen LogP contribution in [0.2, 0.25) is 0 Å². The number of fused-ring (bicyclic) bond motifs is 1. The lowest BCUT2D eigenvalue weighted by Crippen LogP contribution is -2.19. The van der Waals surface area contributed by atoms with E-state index in [0.717, 1.165) is 47.6 Å². The van der Waals surface area contributed by atoms with Gasteiger partial charge in [0.25, 0.3) is 0 Å². The Hall–Kier alpha value is 0.530. The number of halogens is 4. The standard InChI is InChI=1S/C14H18Br4N4/c1-6(2)22-13-11(18)9(16)8(15)10(17)12(13)21-14(22)7(20)4-3-5-19/h6-7H,3-5,19-20H2,1-2H3. The van der Waals surface area contributed by atoms with Crippen molar-refractivity contribution in [2.45, 2.75) is 38.8 Å². The Bertz CT molecular complexity index is 696. The molecule has 0 spiro atoms. The SMILES string of the molecule is CC(C)n1c(C(N)CCCN)nc2c(Br)c(Br)c(Br)c(Br)c21. The van der Waals surface area contributed by atoms with Crippen LogP contribution in [0.1, 0.15) is 44.6 Å². The van der Waals surface area contributed by atoms with Gasteiger partial charge in [-0.1, -0.05) is 0 Å². The third-order valence-corrected chi connectivity index (χ3v) is 8.23. The summed E-state index contributed by atoms with van der Waals surface area (Å²) in [6.07, 6.45) is 1.71. The molecule has 0 bridgehead atoms. The molecule has 0 saturated heterocycles. The van der Waals surface area contributed by atoms with Crippen molar-refractivity contribution < 1.29 is 0 Å². The van der Waals surface area contributed by atoms with Gasteiger partial charge in [-0.3, -0.25) is 0 Å². The molecule has 122 valence electrons. The van der Waals surface area contributed by atoms with Gasteiger partial charge in [0, 0.05) is 15.0 Å². The van der Waals surface area contributed by atoms with E-state index in [2.05, 4.69) is 82.1 Å². The van der Waals surface area contributed by atoms with E-state index in [1.54, 1.807) is 0 Å². The molecule has 2 aromatic rings. The number of imidazole rings is 1. The largest absolute Gasteiger partial charge is 0.330 e. The van der Waals surface area contributed by atoms with Crippen molar-refractivity contribution >= 4 is 74.8 Å². The number of aromatic nitrogens is 2. The predicted molar refractivity (Wildman–Crippen MR) is 106 cm³/mol. The first-order chi connectivity index (χ1) is 10.3. The quantitative estimate of drug-likeness (QED) is 0.379. The van der Waals surface area contributed by atoms with Gasteiger partial charge in [0.2, 0.25) is 0 Å². The molecule has 4 N–H and O–H groups in total. The normalized spacial score (nSPS) is 13.3. The zero-order chi connectivity index (χ0) is 16.6. The van der Waals surface area contributed by atoms with E-state index >= 15 is 0 Å². The predicted octanol–water partition coefficient (Wildman–Crippen LogP) is 5.41. The molecular formula is C14H18Br4N4. The molecule has 0 amide bonds. The highest BCUT2D eigenvalue weighted by atomic mass is 79.9. The maximum Gasteiger partial charge on any atom is 0.127 e. The molecule has 1 heterocycles. The van der Waals surface area contributed by atoms with Crippen molar-refractivity contribution in [3.05, 3.63) is 23.7 Å². The Morgan fingerprint density at radius 3 is 2.18 bits per heavy atom. The van der Waals surface area contributed by atoms with E-state index in [9.17, 15) is 0 Å². The highest BCUT2D eigenvalue weighted by Crippen LogP contribution is 2.44. The molecule has 0 fully saturated rings. The van der Waals surface area contributed by atoms with Crippen LogP contribution in [-0.2, 0) is 0 Å². The number of hydrogen-bond donors (Lipinski definition) is 2. The smallest absolute Gasteiger partial charge is 0.127 e. The van der Waals surface area contributed by atoms with Crippen molar-refractivity contribution in [1.82, 2.24) is 9.55 Å². The van der Waals surface area contributed by atoms with E-state index in [4.69, 9.17) is 16.5 Å². The maximum absolute atomic E-state index is 6.37. The van der Waals surface area contributed by atoms with Gasteiger partial charge in [-0.05, 0) is 97.0 Å². The molecule has 8 heteroatoms. The minimum absolute atomic E-state index is 0.130. The van der Waals surface area contributed by atoms with Crippen LogP contribution in [-0.4, -0.2) is 16.1 Å². The molecule has 4 nitrogen and oxygen atoms in total. The van der Waals surface area contributed by atoms with Crippen LogP contribution >= 0.6 is 63.7 Å². The summed E-state index contributed by atoms with van der Waals surface area (Å²) < 4.78 is 5.97. The fourth-order valence-corrected chi connectivity index (χ4v) is 4.82. The van der Waals surface area contributed by atoms with Crippen molar-refractivity contribution in [2.24, 2.45) is 11.5 Å². The average molecular weight is 562 g/mol. The van der Waals surface area contributed by atoms with Gasteiger partial charge in [0.15, 0.2) is 0 Å². The Balaban J connectivity index is 2.76. The molecule has 0 saturated carbocycles. The van der Waals surface area contributed by atoms with Crippen LogP contribution in [0.25, 0.3) is 11.0 Å². The molecule has 1 unspecified atom stereocenters. The van der Waals surface area contributed by atoms with E-state index in [1.165, 1.54) is 0 Å². The number of rotatable bonds is 5. The van der Waals surface area contributed by atoms with Crippen LogP contribution in [0.15, 0.2) is 17.9 Å². The molecule has 1 aromatic carbocycles. The summed E-state index contributed by atoms with van der Waals surface area (Å²) in [6.45, 7) is 4.91. The Morgan fingerprint density at radius 1 is 1.05 bits per heavy atom. The summed E-state index contributed by atoms with van der Waals surface area (Å²) >= 11 is 14.5. The monoisotopic (exact) mass is 558 g/mol. The van der Waals surface area contributed by atoms with Gasteiger partial charge in [0.05, 0.1) is 20.5 Å².